The number of carbonyl (C=O) groups is 1. The number of halogens is 1. The average molecular weight is 467 g/mol. The maximum atomic E-state index is 12.5. The van der Waals surface area contributed by atoms with Gasteiger partial charge in [-0.15, -0.1) is 0 Å². The van der Waals surface area contributed by atoms with Crippen LogP contribution in [0.1, 0.15) is 41.8 Å². The molecule has 0 heterocycles. The first-order valence-electron chi connectivity index (χ1n) is 10.8. The fourth-order valence-electron chi connectivity index (χ4n) is 2.92. The zero-order valence-electron chi connectivity index (χ0n) is 18.7. The van der Waals surface area contributed by atoms with E-state index < -0.39 is 0 Å². The van der Waals surface area contributed by atoms with Crippen LogP contribution in [-0.4, -0.2) is 25.3 Å². The van der Waals surface area contributed by atoms with E-state index in [-0.39, 0.29) is 5.91 Å². The van der Waals surface area contributed by atoms with Crippen LogP contribution in [0.4, 0.5) is 0 Å². The molecule has 0 spiro atoms. The standard InChI is InChI=1S/C26H27ClN2O4/c1-3-14-32-24-13-10-21(16-25(24)31-4-2)26(30)29-28-17-19-8-11-23(12-9-19)33-18-20-6-5-7-22(27)15-20/h5-13,15-17H,3-4,14,18H2,1-2H3,(H,29,30)/b28-17+. The van der Waals surface area contributed by atoms with Crippen molar-refractivity contribution in [2.45, 2.75) is 26.9 Å². The van der Waals surface area contributed by atoms with Gasteiger partial charge in [-0.2, -0.15) is 5.10 Å². The highest BCUT2D eigenvalue weighted by molar-refractivity contribution is 6.30. The van der Waals surface area contributed by atoms with Crippen LogP contribution in [0.2, 0.25) is 5.02 Å². The van der Waals surface area contributed by atoms with Gasteiger partial charge in [0.2, 0.25) is 0 Å². The Morgan fingerprint density at radius 1 is 0.970 bits per heavy atom. The minimum absolute atomic E-state index is 0.337. The lowest BCUT2D eigenvalue weighted by Crippen LogP contribution is -2.17. The van der Waals surface area contributed by atoms with Gasteiger partial charge in [-0.05, 0) is 79.1 Å². The number of ether oxygens (including phenoxy) is 3. The highest BCUT2D eigenvalue weighted by atomic mass is 35.5. The third-order valence-electron chi connectivity index (χ3n) is 4.52. The van der Waals surface area contributed by atoms with E-state index in [0.717, 1.165) is 23.3 Å². The van der Waals surface area contributed by atoms with E-state index in [9.17, 15) is 4.79 Å². The second-order valence-corrected chi connectivity index (χ2v) is 7.57. The lowest BCUT2D eigenvalue weighted by Gasteiger charge is -2.12. The quantitative estimate of drug-likeness (QED) is 0.283. The number of benzene rings is 3. The smallest absolute Gasteiger partial charge is 0.271 e. The summed E-state index contributed by atoms with van der Waals surface area (Å²) in [5.74, 6) is 1.55. The highest BCUT2D eigenvalue weighted by Crippen LogP contribution is 2.28. The van der Waals surface area contributed by atoms with Gasteiger partial charge in [-0.3, -0.25) is 4.79 Å². The van der Waals surface area contributed by atoms with Crippen LogP contribution in [-0.2, 0) is 6.61 Å². The van der Waals surface area contributed by atoms with Crippen molar-refractivity contribution in [3.8, 4) is 17.2 Å². The number of amides is 1. The first-order chi connectivity index (χ1) is 16.1. The Bertz CT molecular complexity index is 1080. The summed E-state index contributed by atoms with van der Waals surface area (Å²) in [7, 11) is 0. The van der Waals surface area contributed by atoms with E-state index in [1.54, 1.807) is 24.4 Å². The van der Waals surface area contributed by atoms with E-state index in [1.165, 1.54) is 0 Å². The molecule has 3 aromatic rings. The minimum atomic E-state index is -0.337. The summed E-state index contributed by atoms with van der Waals surface area (Å²) < 4.78 is 17.0. The number of rotatable bonds is 11. The molecule has 0 aliphatic carbocycles. The molecule has 0 atom stereocenters. The summed E-state index contributed by atoms with van der Waals surface area (Å²) in [6.07, 6.45) is 2.46. The third-order valence-corrected chi connectivity index (χ3v) is 4.76. The molecule has 0 aliphatic rings. The predicted molar refractivity (Wildman–Crippen MR) is 131 cm³/mol. The van der Waals surface area contributed by atoms with Crippen molar-refractivity contribution in [2.75, 3.05) is 13.2 Å². The molecule has 0 unspecified atom stereocenters. The SMILES string of the molecule is CCCOc1ccc(C(=O)N/N=C/c2ccc(OCc3cccc(Cl)c3)cc2)cc1OCC. The summed E-state index contributed by atoms with van der Waals surface area (Å²) in [5, 5.41) is 4.73. The van der Waals surface area contributed by atoms with Crippen LogP contribution >= 0.6 is 11.6 Å². The minimum Gasteiger partial charge on any atom is -0.490 e. The molecule has 172 valence electrons. The van der Waals surface area contributed by atoms with E-state index >= 15 is 0 Å². The zero-order valence-corrected chi connectivity index (χ0v) is 19.5. The first-order valence-corrected chi connectivity index (χ1v) is 11.2. The number of hydrazone groups is 1. The Balaban J connectivity index is 1.54. The molecule has 0 saturated heterocycles. The van der Waals surface area contributed by atoms with Gasteiger partial charge in [0.25, 0.3) is 5.91 Å². The number of hydrogen-bond acceptors (Lipinski definition) is 5. The summed E-state index contributed by atoms with van der Waals surface area (Å²) in [5.41, 5.74) is 4.79. The normalized spacial score (nSPS) is 10.8. The molecule has 6 nitrogen and oxygen atoms in total. The molecule has 0 fully saturated rings. The van der Waals surface area contributed by atoms with E-state index in [4.69, 9.17) is 25.8 Å². The van der Waals surface area contributed by atoms with Gasteiger partial charge < -0.3 is 14.2 Å². The van der Waals surface area contributed by atoms with Crippen LogP contribution < -0.4 is 19.6 Å². The van der Waals surface area contributed by atoms with Crippen molar-refractivity contribution in [1.29, 1.82) is 0 Å². The van der Waals surface area contributed by atoms with Crippen LogP contribution in [0.15, 0.2) is 71.8 Å². The maximum absolute atomic E-state index is 12.5. The Labute approximate surface area is 199 Å². The van der Waals surface area contributed by atoms with Crippen LogP contribution in [0.5, 0.6) is 17.2 Å². The van der Waals surface area contributed by atoms with Crippen molar-refractivity contribution < 1.29 is 19.0 Å². The van der Waals surface area contributed by atoms with Crippen LogP contribution in [0.25, 0.3) is 0 Å². The van der Waals surface area contributed by atoms with Crippen LogP contribution in [0.3, 0.4) is 0 Å². The Morgan fingerprint density at radius 2 is 1.79 bits per heavy atom. The fraction of sp³-hybridized carbons (Fsp3) is 0.231. The second kappa shape index (κ2) is 12.5. The molecule has 3 aromatic carbocycles. The van der Waals surface area contributed by atoms with Crippen molar-refractivity contribution in [2.24, 2.45) is 5.10 Å². The molecule has 1 N–H and O–H groups in total. The topological polar surface area (TPSA) is 69.2 Å². The molecule has 33 heavy (non-hydrogen) atoms. The molecular formula is C26H27ClN2O4. The van der Waals surface area contributed by atoms with E-state index in [2.05, 4.69) is 10.5 Å². The molecular weight excluding hydrogens is 440 g/mol. The number of nitrogens with zero attached hydrogens (tertiary/aromatic N) is 1. The average Bonchev–Trinajstić information content (AvgIpc) is 2.83. The molecule has 7 heteroatoms. The fourth-order valence-corrected chi connectivity index (χ4v) is 3.14. The van der Waals surface area contributed by atoms with Crippen molar-refractivity contribution in [1.82, 2.24) is 5.43 Å². The summed E-state index contributed by atoms with van der Waals surface area (Å²) in [6, 6.07) is 20.0. The number of carbonyl (C=O) groups excluding carboxylic acids is 1. The lowest BCUT2D eigenvalue weighted by molar-refractivity contribution is 0.0954. The zero-order chi connectivity index (χ0) is 23.5. The van der Waals surface area contributed by atoms with Crippen LogP contribution in [0, 0.1) is 0 Å². The molecule has 3 rings (SSSR count). The monoisotopic (exact) mass is 466 g/mol. The van der Waals surface area contributed by atoms with Crippen molar-refractivity contribution in [3.63, 3.8) is 0 Å². The van der Waals surface area contributed by atoms with Gasteiger partial charge >= 0.3 is 0 Å². The molecule has 0 aromatic heterocycles. The van der Waals surface area contributed by atoms with Gasteiger partial charge in [0.15, 0.2) is 11.5 Å². The second-order valence-electron chi connectivity index (χ2n) is 7.13. The molecule has 1 amide bonds. The summed E-state index contributed by atoms with van der Waals surface area (Å²) in [4.78, 5) is 12.5. The Kier molecular flexibility index (Phi) is 9.15. The Morgan fingerprint density at radius 3 is 2.52 bits per heavy atom. The highest BCUT2D eigenvalue weighted by Gasteiger charge is 2.11. The first kappa shape index (κ1) is 24.1. The Hall–Kier alpha value is -3.51. The van der Waals surface area contributed by atoms with Crippen molar-refractivity contribution in [3.05, 3.63) is 88.4 Å². The molecule has 0 bridgehead atoms. The van der Waals surface area contributed by atoms with Gasteiger partial charge in [-0.1, -0.05) is 30.7 Å². The molecule has 0 aliphatic heterocycles. The summed E-state index contributed by atoms with van der Waals surface area (Å²) in [6.45, 7) is 5.40. The maximum Gasteiger partial charge on any atom is 0.271 e. The third kappa shape index (κ3) is 7.54. The molecule has 0 saturated carbocycles. The number of hydrogen-bond donors (Lipinski definition) is 1. The largest absolute Gasteiger partial charge is 0.490 e. The van der Waals surface area contributed by atoms with E-state index in [1.807, 2.05) is 62.4 Å². The predicted octanol–water partition coefficient (Wildman–Crippen LogP) is 5.87. The summed E-state index contributed by atoms with van der Waals surface area (Å²) >= 11 is 5.99. The van der Waals surface area contributed by atoms with Gasteiger partial charge in [-0.25, -0.2) is 5.43 Å². The van der Waals surface area contributed by atoms with Gasteiger partial charge in [0.1, 0.15) is 12.4 Å². The van der Waals surface area contributed by atoms with E-state index in [0.29, 0.717) is 41.9 Å². The van der Waals surface area contributed by atoms with Gasteiger partial charge in [0.05, 0.1) is 19.4 Å². The molecule has 0 radical (unpaired) electrons. The number of nitrogens with one attached hydrogen (secondary N) is 1. The van der Waals surface area contributed by atoms with Gasteiger partial charge in [0, 0.05) is 10.6 Å². The lowest BCUT2D eigenvalue weighted by atomic mass is 10.2. The van der Waals surface area contributed by atoms with Crippen molar-refractivity contribution >= 4 is 23.7 Å².